The number of aromatic nitrogens is 2. The van der Waals surface area contributed by atoms with Crippen LogP contribution in [0.15, 0.2) is 29.3 Å². The highest BCUT2D eigenvalue weighted by Gasteiger charge is 2.70. The molecule has 2 aliphatic rings. The number of alkyl halides is 6. The number of halogens is 6. The molecule has 4 rings (SSSR count). The Balaban J connectivity index is 1.73. The lowest BCUT2D eigenvalue weighted by atomic mass is 10.0. The van der Waals surface area contributed by atoms with Crippen LogP contribution in [-0.2, 0) is 25.6 Å². The number of carboxylic acids is 1. The van der Waals surface area contributed by atoms with Crippen molar-refractivity contribution >= 4 is 21.7 Å². The zero-order valence-corrected chi connectivity index (χ0v) is 19.3. The summed E-state index contributed by atoms with van der Waals surface area (Å²) in [7, 11) is -4.92. The van der Waals surface area contributed by atoms with Gasteiger partial charge in [-0.05, 0) is 43.9 Å². The maximum atomic E-state index is 13.9. The van der Waals surface area contributed by atoms with E-state index in [2.05, 4.69) is 10.2 Å². The van der Waals surface area contributed by atoms with Crippen molar-refractivity contribution in [1.82, 2.24) is 15.1 Å². The SMILES string of the molecule is Cc1n[nH]cc1-c1ccc(S(=O)(=O)[C@@H]2C[C@@H](C(=O)O)N(C(=O)C3(C(F)(F)F)CC3)C2)c(C(F)(F)F)c1. The topological polar surface area (TPSA) is 120 Å². The first-order valence-electron chi connectivity index (χ1n) is 10.6. The van der Waals surface area contributed by atoms with Crippen LogP contribution < -0.4 is 0 Å². The fourth-order valence-corrected chi connectivity index (χ4v) is 6.39. The number of hydrogen-bond donors (Lipinski definition) is 2. The third kappa shape index (κ3) is 4.12. The summed E-state index contributed by atoms with van der Waals surface area (Å²) in [5, 5.41) is 13.9. The van der Waals surface area contributed by atoms with Crippen LogP contribution in [0.25, 0.3) is 11.1 Å². The molecular weight excluding hydrogens is 520 g/mol. The second-order valence-electron chi connectivity index (χ2n) is 8.89. The van der Waals surface area contributed by atoms with Crippen molar-refractivity contribution in [3.63, 3.8) is 0 Å². The number of nitrogens with one attached hydrogen (secondary N) is 1. The van der Waals surface area contributed by atoms with E-state index < -0.39 is 87.0 Å². The Kier molecular flexibility index (Phi) is 5.93. The first-order valence-corrected chi connectivity index (χ1v) is 12.1. The summed E-state index contributed by atoms with van der Waals surface area (Å²) >= 11 is 0. The Bertz CT molecular complexity index is 1330. The van der Waals surface area contributed by atoms with Gasteiger partial charge in [0.05, 0.1) is 21.4 Å². The second kappa shape index (κ2) is 8.21. The number of nitrogens with zero attached hydrogens (tertiary/aromatic N) is 2. The molecule has 2 aromatic rings. The first kappa shape index (κ1) is 26.0. The molecule has 2 atom stereocenters. The minimum atomic E-state index is -5.13. The largest absolute Gasteiger partial charge is 0.480 e. The molecule has 8 nitrogen and oxygen atoms in total. The average molecular weight is 539 g/mol. The van der Waals surface area contributed by atoms with Gasteiger partial charge in [-0.2, -0.15) is 31.4 Å². The van der Waals surface area contributed by atoms with Crippen LogP contribution in [-0.4, -0.2) is 64.5 Å². The van der Waals surface area contributed by atoms with E-state index in [4.69, 9.17) is 0 Å². The van der Waals surface area contributed by atoms with E-state index in [-0.39, 0.29) is 11.1 Å². The number of aliphatic carboxylic acids is 1. The first-order chi connectivity index (χ1) is 16.5. The lowest BCUT2D eigenvalue weighted by Gasteiger charge is -2.28. The number of rotatable bonds is 5. The van der Waals surface area contributed by atoms with E-state index >= 15 is 0 Å². The zero-order chi connectivity index (χ0) is 26.8. The van der Waals surface area contributed by atoms with Crippen molar-refractivity contribution in [2.24, 2.45) is 5.41 Å². The highest BCUT2D eigenvalue weighted by atomic mass is 32.2. The third-order valence-corrected chi connectivity index (χ3v) is 8.87. The predicted octanol–water partition coefficient (Wildman–Crippen LogP) is 3.57. The number of aryl methyl sites for hydroxylation is 1. The summed E-state index contributed by atoms with van der Waals surface area (Å²) < 4.78 is 109. The molecule has 2 N–H and O–H groups in total. The van der Waals surface area contributed by atoms with E-state index in [0.29, 0.717) is 16.7 Å². The van der Waals surface area contributed by atoms with Crippen molar-refractivity contribution in [2.45, 2.75) is 54.7 Å². The molecule has 1 aliphatic carbocycles. The highest BCUT2D eigenvalue weighted by Crippen LogP contribution is 2.59. The molecule has 0 radical (unpaired) electrons. The molecule has 2 fully saturated rings. The van der Waals surface area contributed by atoms with Crippen LogP contribution in [0.5, 0.6) is 0 Å². The molecule has 1 amide bonds. The van der Waals surface area contributed by atoms with Crippen LogP contribution in [0.4, 0.5) is 26.3 Å². The van der Waals surface area contributed by atoms with Crippen LogP contribution in [0.2, 0.25) is 0 Å². The number of carbonyl (C=O) groups excluding carboxylic acids is 1. The van der Waals surface area contributed by atoms with E-state index in [1.807, 2.05) is 0 Å². The van der Waals surface area contributed by atoms with Gasteiger partial charge in [-0.1, -0.05) is 6.07 Å². The Labute approximate surface area is 200 Å². The number of aromatic amines is 1. The standard InChI is InChI=1S/C21H19F6N3O5S/c1-10-13(8-28-29-10)11-2-3-16(14(6-11)20(22,23)24)36(34,35)12-7-15(17(31)32)30(9-12)18(33)19(4-5-19)21(25,26)27/h2-3,6,8,12,15H,4-5,7,9H2,1H3,(H,28,29)(H,31,32)/t12-,15+/m1/s1. The predicted molar refractivity (Wildman–Crippen MR) is 110 cm³/mol. The molecule has 0 spiro atoms. The molecule has 0 unspecified atom stereocenters. The fraction of sp³-hybridized carbons (Fsp3) is 0.476. The Morgan fingerprint density at radius 1 is 1.17 bits per heavy atom. The van der Waals surface area contributed by atoms with Gasteiger partial charge in [-0.15, -0.1) is 0 Å². The van der Waals surface area contributed by atoms with Crippen LogP contribution in [0.3, 0.4) is 0 Å². The van der Waals surface area contributed by atoms with Gasteiger partial charge in [-0.3, -0.25) is 9.89 Å². The van der Waals surface area contributed by atoms with Gasteiger partial charge in [0, 0.05) is 18.3 Å². The van der Waals surface area contributed by atoms with E-state index in [1.165, 1.54) is 13.1 Å². The minimum Gasteiger partial charge on any atom is -0.480 e. The van der Waals surface area contributed by atoms with Gasteiger partial charge in [0.15, 0.2) is 9.84 Å². The number of H-pyrrole nitrogens is 1. The molecule has 196 valence electrons. The number of hydrogen-bond acceptors (Lipinski definition) is 5. The maximum Gasteiger partial charge on any atom is 0.417 e. The van der Waals surface area contributed by atoms with Crippen molar-refractivity contribution in [3.8, 4) is 11.1 Å². The normalized spacial score (nSPS) is 22.0. The summed E-state index contributed by atoms with van der Waals surface area (Å²) in [4.78, 5) is 23.6. The summed E-state index contributed by atoms with van der Waals surface area (Å²) in [6.07, 6.45) is -10.8. The average Bonchev–Trinajstić information content (AvgIpc) is 3.29. The molecule has 2 heterocycles. The minimum absolute atomic E-state index is 0.0139. The lowest BCUT2D eigenvalue weighted by molar-refractivity contribution is -0.199. The summed E-state index contributed by atoms with van der Waals surface area (Å²) in [6.45, 7) is 0.545. The van der Waals surface area contributed by atoms with Crippen molar-refractivity contribution in [1.29, 1.82) is 0 Å². The van der Waals surface area contributed by atoms with Crippen LogP contribution in [0.1, 0.15) is 30.5 Å². The van der Waals surface area contributed by atoms with E-state index in [1.54, 1.807) is 0 Å². The molecule has 1 saturated heterocycles. The number of carbonyl (C=O) groups is 2. The van der Waals surface area contributed by atoms with Gasteiger partial charge in [-0.25, -0.2) is 13.2 Å². The number of benzene rings is 1. The highest BCUT2D eigenvalue weighted by molar-refractivity contribution is 7.92. The summed E-state index contributed by atoms with van der Waals surface area (Å²) in [6, 6.07) is 0.521. The van der Waals surface area contributed by atoms with E-state index in [9.17, 15) is 49.5 Å². The molecule has 36 heavy (non-hydrogen) atoms. The van der Waals surface area contributed by atoms with Crippen molar-refractivity contribution in [2.75, 3.05) is 6.54 Å². The van der Waals surface area contributed by atoms with Gasteiger partial charge in [0.25, 0.3) is 0 Å². The van der Waals surface area contributed by atoms with Crippen LogP contribution >= 0.6 is 0 Å². The van der Waals surface area contributed by atoms with Crippen molar-refractivity contribution in [3.05, 3.63) is 35.7 Å². The lowest BCUT2D eigenvalue weighted by Crippen LogP contribution is -2.48. The summed E-state index contributed by atoms with van der Waals surface area (Å²) in [5.41, 5.74) is -3.67. The Hall–Kier alpha value is -3.10. The number of carboxylic acid groups (broad SMARTS) is 1. The van der Waals surface area contributed by atoms with Crippen molar-refractivity contribution < 1.29 is 49.5 Å². The maximum absolute atomic E-state index is 13.9. The summed E-state index contributed by atoms with van der Waals surface area (Å²) in [5.74, 6) is -3.33. The monoisotopic (exact) mass is 539 g/mol. The molecular formula is C21H19F6N3O5S. The van der Waals surface area contributed by atoms with Gasteiger partial charge >= 0.3 is 18.3 Å². The van der Waals surface area contributed by atoms with Gasteiger partial charge in [0.1, 0.15) is 11.5 Å². The van der Waals surface area contributed by atoms with Crippen LogP contribution in [0, 0.1) is 12.3 Å². The Morgan fingerprint density at radius 3 is 2.28 bits per heavy atom. The number of amides is 1. The number of sulfone groups is 1. The van der Waals surface area contributed by atoms with Gasteiger partial charge in [0.2, 0.25) is 5.91 Å². The molecule has 1 aliphatic heterocycles. The quantitative estimate of drug-likeness (QED) is 0.561. The fourth-order valence-electron chi connectivity index (χ4n) is 4.50. The third-order valence-electron chi connectivity index (χ3n) is 6.68. The molecule has 15 heteroatoms. The molecule has 1 aromatic heterocycles. The van der Waals surface area contributed by atoms with E-state index in [0.717, 1.165) is 12.1 Å². The molecule has 1 saturated carbocycles. The van der Waals surface area contributed by atoms with Gasteiger partial charge < -0.3 is 10.0 Å². The Morgan fingerprint density at radius 2 is 1.81 bits per heavy atom. The zero-order valence-electron chi connectivity index (χ0n) is 18.4. The molecule has 1 aromatic carbocycles. The second-order valence-corrected chi connectivity index (χ2v) is 11.1. The molecule has 0 bridgehead atoms. The smallest absolute Gasteiger partial charge is 0.417 e. The number of likely N-dealkylation sites (tertiary alicyclic amines) is 1.